The van der Waals surface area contributed by atoms with E-state index in [-0.39, 0.29) is 12.8 Å². The number of hydrogen-bond donors (Lipinski definition) is 0. The Hall–Kier alpha value is -3.92. The van der Waals surface area contributed by atoms with E-state index in [4.69, 9.17) is 23.7 Å². The second-order valence-corrected chi connectivity index (χ2v) is 8.06. The summed E-state index contributed by atoms with van der Waals surface area (Å²) < 4.78 is 27.6. The van der Waals surface area contributed by atoms with Gasteiger partial charge in [-0.25, -0.2) is 4.79 Å². The Kier molecular flexibility index (Phi) is 9.61. The van der Waals surface area contributed by atoms with E-state index in [0.29, 0.717) is 54.0 Å². The molecule has 2 aromatic carbocycles. The molecular formula is C28H31NO6. The van der Waals surface area contributed by atoms with Gasteiger partial charge >= 0.3 is 5.97 Å². The average molecular weight is 478 g/mol. The fourth-order valence-corrected chi connectivity index (χ4v) is 3.44. The minimum Gasteiger partial charge on any atom is -0.490 e. The van der Waals surface area contributed by atoms with Crippen molar-refractivity contribution in [3.05, 3.63) is 59.7 Å². The fraction of sp³-hybridized carbons (Fsp3) is 0.357. The Morgan fingerprint density at radius 3 is 2.54 bits per heavy atom. The Labute approximate surface area is 206 Å². The first-order valence-electron chi connectivity index (χ1n) is 11.8. The number of benzene rings is 2. The van der Waals surface area contributed by atoms with E-state index in [1.165, 1.54) is 0 Å². The van der Waals surface area contributed by atoms with Crippen LogP contribution in [0.4, 0.5) is 0 Å². The highest BCUT2D eigenvalue weighted by atomic mass is 16.7. The lowest BCUT2D eigenvalue weighted by molar-refractivity contribution is -0.139. The molecule has 0 spiro atoms. The van der Waals surface area contributed by atoms with Crippen LogP contribution in [-0.4, -0.2) is 32.6 Å². The molecule has 0 radical (unpaired) electrons. The van der Waals surface area contributed by atoms with Gasteiger partial charge in [0.05, 0.1) is 31.5 Å². The first-order chi connectivity index (χ1) is 17.0. The third-order valence-electron chi connectivity index (χ3n) is 5.26. The van der Waals surface area contributed by atoms with Crippen LogP contribution in [0.15, 0.2) is 48.6 Å². The number of unbranched alkanes of at least 4 members (excludes halogenated alkanes) is 3. The molecule has 0 fully saturated rings. The lowest BCUT2D eigenvalue weighted by Gasteiger charge is -2.13. The summed E-state index contributed by atoms with van der Waals surface area (Å²) in [4.78, 5) is 11.4. The highest BCUT2D eigenvalue weighted by Gasteiger charge is 2.15. The molecule has 3 rings (SSSR count). The Balaban J connectivity index is 1.55. The van der Waals surface area contributed by atoms with Crippen molar-refractivity contribution in [3.8, 4) is 29.1 Å². The molecule has 0 unspecified atom stereocenters. The number of ether oxygens (including phenoxy) is 5. The molecule has 7 nitrogen and oxygen atoms in total. The normalized spacial score (nSPS) is 12.1. The van der Waals surface area contributed by atoms with E-state index in [2.05, 4.69) is 12.6 Å². The zero-order chi connectivity index (χ0) is 25.0. The summed E-state index contributed by atoms with van der Waals surface area (Å²) in [6.45, 7) is 8.78. The second kappa shape index (κ2) is 13.1. The van der Waals surface area contributed by atoms with Gasteiger partial charge < -0.3 is 23.7 Å². The molecule has 7 heteroatoms. The van der Waals surface area contributed by atoms with E-state index in [1.54, 1.807) is 13.0 Å². The molecular weight excluding hydrogens is 446 g/mol. The lowest BCUT2D eigenvalue weighted by atomic mass is 10.0. The van der Waals surface area contributed by atoms with Crippen LogP contribution in [-0.2, 0) is 9.53 Å². The summed E-state index contributed by atoms with van der Waals surface area (Å²) in [7, 11) is 0. The molecule has 0 bridgehead atoms. The van der Waals surface area contributed by atoms with Crippen LogP contribution in [0.25, 0.3) is 11.6 Å². The van der Waals surface area contributed by atoms with Gasteiger partial charge in [0, 0.05) is 5.57 Å². The highest BCUT2D eigenvalue weighted by molar-refractivity contribution is 5.90. The van der Waals surface area contributed by atoms with Gasteiger partial charge in [0.15, 0.2) is 23.0 Å². The summed E-state index contributed by atoms with van der Waals surface area (Å²) in [5.74, 6) is 2.28. The number of hydrogen-bond acceptors (Lipinski definition) is 7. The van der Waals surface area contributed by atoms with E-state index in [1.807, 2.05) is 43.3 Å². The van der Waals surface area contributed by atoms with E-state index in [0.717, 1.165) is 36.8 Å². The quantitative estimate of drug-likeness (QED) is 0.116. The fourth-order valence-electron chi connectivity index (χ4n) is 3.44. The van der Waals surface area contributed by atoms with Crippen LogP contribution in [0.5, 0.6) is 23.0 Å². The third-order valence-corrected chi connectivity index (χ3v) is 5.26. The van der Waals surface area contributed by atoms with Gasteiger partial charge in [0.25, 0.3) is 0 Å². The lowest BCUT2D eigenvalue weighted by Crippen LogP contribution is -2.06. The van der Waals surface area contributed by atoms with Crippen molar-refractivity contribution in [2.24, 2.45) is 0 Å². The minimum absolute atomic E-state index is 0.189. The molecule has 2 aromatic rings. The minimum atomic E-state index is -0.340. The number of rotatable bonds is 13. The monoisotopic (exact) mass is 477 g/mol. The molecule has 0 amide bonds. The predicted molar refractivity (Wildman–Crippen MR) is 133 cm³/mol. The van der Waals surface area contributed by atoms with Crippen molar-refractivity contribution < 1.29 is 28.5 Å². The average Bonchev–Trinajstić information content (AvgIpc) is 3.33. The third kappa shape index (κ3) is 7.54. The number of esters is 1. The summed E-state index contributed by atoms with van der Waals surface area (Å²) in [5.41, 5.74) is 2.51. The standard InChI is InChI=1S/C28H31NO6/c1-4-31-26-16-21(15-23(18-29)22-10-12-25-27(17-22)35-19-34-25)9-11-24(26)32-13-7-5-6-8-14-33-28(30)20(2)3/h9-12,15-17H,2,4-8,13-14,19H2,1,3H3/b23-15+. The molecule has 35 heavy (non-hydrogen) atoms. The van der Waals surface area contributed by atoms with Crippen molar-refractivity contribution in [2.75, 3.05) is 26.6 Å². The molecule has 0 atom stereocenters. The SMILES string of the molecule is C=C(C)C(=O)OCCCCCCOc1ccc(/C=C(\C#N)c2ccc3c(c2)OCO3)cc1OCC. The summed E-state index contributed by atoms with van der Waals surface area (Å²) in [6.07, 6.45) is 5.42. The number of nitriles is 1. The van der Waals surface area contributed by atoms with Gasteiger partial charge in [-0.1, -0.05) is 12.6 Å². The van der Waals surface area contributed by atoms with E-state index >= 15 is 0 Å². The molecule has 1 aliphatic rings. The largest absolute Gasteiger partial charge is 0.490 e. The predicted octanol–water partition coefficient (Wildman–Crippen LogP) is 5.94. The molecule has 0 aliphatic carbocycles. The molecule has 0 N–H and O–H groups in total. The number of carbonyl (C=O) groups excluding carboxylic acids is 1. The van der Waals surface area contributed by atoms with Gasteiger partial charge in [-0.15, -0.1) is 0 Å². The van der Waals surface area contributed by atoms with Crippen molar-refractivity contribution in [1.29, 1.82) is 5.26 Å². The van der Waals surface area contributed by atoms with E-state index < -0.39 is 0 Å². The molecule has 184 valence electrons. The summed E-state index contributed by atoms with van der Waals surface area (Å²) in [6, 6.07) is 13.4. The van der Waals surface area contributed by atoms with Crippen LogP contribution in [0.3, 0.4) is 0 Å². The highest BCUT2D eigenvalue weighted by Crippen LogP contribution is 2.35. The number of fused-ring (bicyclic) bond motifs is 1. The molecule has 1 aliphatic heterocycles. The van der Waals surface area contributed by atoms with Crippen molar-refractivity contribution in [3.63, 3.8) is 0 Å². The van der Waals surface area contributed by atoms with Crippen LogP contribution < -0.4 is 18.9 Å². The van der Waals surface area contributed by atoms with Crippen LogP contribution >= 0.6 is 0 Å². The van der Waals surface area contributed by atoms with Gasteiger partial charge in [0.2, 0.25) is 6.79 Å². The van der Waals surface area contributed by atoms with Gasteiger partial charge in [-0.05, 0) is 87.1 Å². The molecule has 0 saturated carbocycles. The van der Waals surface area contributed by atoms with Gasteiger partial charge in [0.1, 0.15) is 0 Å². The van der Waals surface area contributed by atoms with Crippen LogP contribution in [0.2, 0.25) is 0 Å². The maximum Gasteiger partial charge on any atom is 0.333 e. The first kappa shape index (κ1) is 25.7. The number of allylic oxidation sites excluding steroid dienone is 1. The number of carbonyl (C=O) groups is 1. The Bertz CT molecular complexity index is 1110. The molecule has 0 aromatic heterocycles. The van der Waals surface area contributed by atoms with Crippen molar-refractivity contribution in [2.45, 2.75) is 39.5 Å². The zero-order valence-electron chi connectivity index (χ0n) is 20.3. The topological polar surface area (TPSA) is 87.0 Å². The summed E-state index contributed by atoms with van der Waals surface area (Å²) in [5, 5.41) is 9.71. The molecule has 0 saturated heterocycles. The van der Waals surface area contributed by atoms with Crippen molar-refractivity contribution in [1.82, 2.24) is 0 Å². The van der Waals surface area contributed by atoms with Crippen LogP contribution in [0.1, 0.15) is 50.7 Å². The first-order valence-corrected chi connectivity index (χ1v) is 11.8. The molecule has 1 heterocycles. The Morgan fingerprint density at radius 1 is 1.03 bits per heavy atom. The zero-order valence-corrected chi connectivity index (χ0v) is 20.3. The van der Waals surface area contributed by atoms with Gasteiger partial charge in [-0.2, -0.15) is 5.26 Å². The second-order valence-electron chi connectivity index (χ2n) is 8.06. The van der Waals surface area contributed by atoms with Crippen molar-refractivity contribution >= 4 is 17.6 Å². The number of nitrogens with zero attached hydrogens (tertiary/aromatic N) is 1. The smallest absolute Gasteiger partial charge is 0.333 e. The van der Waals surface area contributed by atoms with Gasteiger partial charge in [-0.3, -0.25) is 0 Å². The van der Waals surface area contributed by atoms with Crippen LogP contribution in [0, 0.1) is 11.3 Å². The maximum absolute atomic E-state index is 11.4. The maximum atomic E-state index is 11.4. The summed E-state index contributed by atoms with van der Waals surface area (Å²) >= 11 is 0. The van der Waals surface area contributed by atoms with E-state index in [9.17, 15) is 10.1 Å². The Morgan fingerprint density at radius 2 is 1.80 bits per heavy atom.